The van der Waals surface area contributed by atoms with Gasteiger partial charge in [0.05, 0.1) is 6.04 Å². The van der Waals surface area contributed by atoms with Crippen molar-refractivity contribution in [2.24, 2.45) is 5.41 Å². The Labute approximate surface area is 117 Å². The van der Waals surface area contributed by atoms with Crippen LogP contribution in [0.4, 0.5) is 0 Å². The van der Waals surface area contributed by atoms with Crippen LogP contribution in [0, 0.1) is 5.41 Å². The summed E-state index contributed by atoms with van der Waals surface area (Å²) >= 11 is 0. The molecule has 1 heterocycles. The molecule has 0 bridgehead atoms. The molecule has 2 N–H and O–H groups in total. The summed E-state index contributed by atoms with van der Waals surface area (Å²) in [5.41, 5.74) is 0.444. The van der Waals surface area contributed by atoms with Crippen molar-refractivity contribution in [2.75, 3.05) is 13.1 Å². The second kappa shape index (κ2) is 7.34. The summed E-state index contributed by atoms with van der Waals surface area (Å²) in [5, 5.41) is 6.49. The number of rotatable bonds is 5. The highest BCUT2D eigenvalue weighted by atomic mass is 35.5. The molecule has 1 aliphatic heterocycles. The smallest absolute Gasteiger partial charge is 0.237 e. The molecule has 1 atom stereocenters. The quantitative estimate of drug-likeness (QED) is 0.809. The first-order chi connectivity index (χ1) is 8.26. The Hall–Kier alpha value is -0.280. The number of carbonyl (C=O) groups excluding carboxylic acids is 1. The molecule has 106 valence electrons. The average Bonchev–Trinajstić information content (AvgIpc) is 2.33. The Balaban J connectivity index is 0.00000162. The third-order valence-corrected chi connectivity index (χ3v) is 4.46. The van der Waals surface area contributed by atoms with Crippen LogP contribution in [-0.4, -0.2) is 25.0 Å². The van der Waals surface area contributed by atoms with Crippen molar-refractivity contribution in [3.05, 3.63) is 0 Å². The van der Waals surface area contributed by atoms with Crippen LogP contribution in [0.5, 0.6) is 0 Å². The maximum absolute atomic E-state index is 12.0. The fourth-order valence-electron chi connectivity index (χ4n) is 3.20. The Morgan fingerprint density at radius 3 is 2.61 bits per heavy atom. The minimum Gasteiger partial charge on any atom is -0.354 e. The van der Waals surface area contributed by atoms with E-state index < -0.39 is 0 Å². The van der Waals surface area contributed by atoms with Gasteiger partial charge in [-0.2, -0.15) is 0 Å². The standard InChI is InChI=1S/C14H26N2O.ClH/c1-2-7-14(8-5-9-14)11-16-13(17)12-6-3-4-10-15-12;/h12,15H,2-11H2,1H3,(H,16,17);1H. The monoisotopic (exact) mass is 274 g/mol. The molecular weight excluding hydrogens is 248 g/mol. The topological polar surface area (TPSA) is 41.1 Å². The average molecular weight is 275 g/mol. The summed E-state index contributed by atoms with van der Waals surface area (Å²) in [5.74, 6) is 0.229. The second-order valence-corrected chi connectivity index (χ2v) is 5.82. The lowest BCUT2D eigenvalue weighted by molar-refractivity contribution is -0.124. The van der Waals surface area contributed by atoms with Crippen LogP contribution in [0.25, 0.3) is 0 Å². The van der Waals surface area contributed by atoms with E-state index in [0.717, 1.165) is 19.5 Å². The largest absolute Gasteiger partial charge is 0.354 e. The number of amides is 1. The number of piperidine rings is 1. The minimum absolute atomic E-state index is 0. The molecule has 2 fully saturated rings. The van der Waals surface area contributed by atoms with Gasteiger partial charge >= 0.3 is 0 Å². The molecule has 4 heteroatoms. The van der Waals surface area contributed by atoms with E-state index in [1.807, 2.05) is 0 Å². The van der Waals surface area contributed by atoms with Gasteiger partial charge in [-0.25, -0.2) is 0 Å². The van der Waals surface area contributed by atoms with E-state index in [1.54, 1.807) is 0 Å². The zero-order valence-electron chi connectivity index (χ0n) is 11.5. The van der Waals surface area contributed by atoms with Crippen LogP contribution >= 0.6 is 12.4 Å². The minimum atomic E-state index is 0. The van der Waals surface area contributed by atoms with Crippen molar-refractivity contribution in [2.45, 2.75) is 64.3 Å². The lowest BCUT2D eigenvalue weighted by Crippen LogP contribution is -2.50. The number of hydrogen-bond acceptors (Lipinski definition) is 2. The van der Waals surface area contributed by atoms with Crippen molar-refractivity contribution in [3.8, 4) is 0 Å². The highest BCUT2D eigenvalue weighted by Gasteiger charge is 2.36. The van der Waals surface area contributed by atoms with Gasteiger partial charge in [0.1, 0.15) is 0 Å². The van der Waals surface area contributed by atoms with Gasteiger partial charge in [-0.1, -0.05) is 26.2 Å². The Kier molecular flexibility index (Phi) is 6.44. The van der Waals surface area contributed by atoms with Gasteiger partial charge in [0.15, 0.2) is 0 Å². The van der Waals surface area contributed by atoms with Crippen molar-refractivity contribution in [1.29, 1.82) is 0 Å². The van der Waals surface area contributed by atoms with Gasteiger partial charge in [-0.3, -0.25) is 4.79 Å². The predicted molar refractivity (Wildman–Crippen MR) is 77.1 cm³/mol. The van der Waals surface area contributed by atoms with Crippen molar-refractivity contribution < 1.29 is 4.79 Å². The van der Waals surface area contributed by atoms with Crippen molar-refractivity contribution in [1.82, 2.24) is 10.6 Å². The van der Waals surface area contributed by atoms with Gasteiger partial charge in [0.2, 0.25) is 5.91 Å². The summed E-state index contributed by atoms with van der Waals surface area (Å²) in [6, 6.07) is 0.0718. The Bertz CT molecular complexity index is 261. The van der Waals surface area contributed by atoms with E-state index in [1.165, 1.54) is 44.9 Å². The SMILES string of the molecule is CCCC1(CNC(=O)C2CCCCN2)CCC1.Cl. The predicted octanol–water partition coefficient (Wildman–Crippen LogP) is 2.64. The van der Waals surface area contributed by atoms with E-state index in [0.29, 0.717) is 5.41 Å². The summed E-state index contributed by atoms with van der Waals surface area (Å²) < 4.78 is 0. The lowest BCUT2D eigenvalue weighted by Gasteiger charge is -2.42. The van der Waals surface area contributed by atoms with E-state index in [9.17, 15) is 4.79 Å². The van der Waals surface area contributed by atoms with Gasteiger partial charge < -0.3 is 10.6 Å². The molecule has 1 saturated carbocycles. The number of carbonyl (C=O) groups is 1. The van der Waals surface area contributed by atoms with E-state index in [2.05, 4.69) is 17.6 Å². The summed E-state index contributed by atoms with van der Waals surface area (Å²) in [6.07, 6.45) is 9.86. The summed E-state index contributed by atoms with van der Waals surface area (Å²) in [4.78, 5) is 12.0. The molecule has 3 nitrogen and oxygen atoms in total. The van der Waals surface area contributed by atoms with Crippen LogP contribution < -0.4 is 10.6 Å². The zero-order chi connectivity index (χ0) is 12.1. The molecule has 1 aliphatic carbocycles. The van der Waals surface area contributed by atoms with Gasteiger partial charge in [-0.05, 0) is 44.1 Å². The zero-order valence-corrected chi connectivity index (χ0v) is 12.3. The number of hydrogen-bond donors (Lipinski definition) is 2. The molecule has 1 saturated heterocycles. The summed E-state index contributed by atoms with van der Waals surface area (Å²) in [7, 11) is 0. The maximum Gasteiger partial charge on any atom is 0.237 e. The third kappa shape index (κ3) is 3.86. The highest BCUT2D eigenvalue weighted by molar-refractivity contribution is 5.85. The molecule has 0 spiro atoms. The molecule has 0 radical (unpaired) electrons. The second-order valence-electron chi connectivity index (χ2n) is 5.82. The molecule has 1 unspecified atom stereocenters. The Morgan fingerprint density at radius 2 is 2.11 bits per heavy atom. The van der Waals surface area contributed by atoms with E-state index in [-0.39, 0.29) is 24.4 Å². The fourth-order valence-corrected chi connectivity index (χ4v) is 3.20. The number of nitrogens with one attached hydrogen (secondary N) is 2. The first kappa shape index (κ1) is 15.8. The van der Waals surface area contributed by atoms with Crippen LogP contribution in [-0.2, 0) is 4.79 Å². The molecule has 0 aromatic heterocycles. The van der Waals surface area contributed by atoms with Gasteiger partial charge in [0.25, 0.3) is 0 Å². The fraction of sp³-hybridized carbons (Fsp3) is 0.929. The molecular formula is C14H27ClN2O. The molecule has 1 amide bonds. The van der Waals surface area contributed by atoms with Crippen molar-refractivity contribution >= 4 is 18.3 Å². The highest BCUT2D eigenvalue weighted by Crippen LogP contribution is 2.44. The lowest BCUT2D eigenvalue weighted by atomic mass is 9.66. The van der Waals surface area contributed by atoms with Crippen LogP contribution in [0.1, 0.15) is 58.3 Å². The molecule has 2 rings (SSSR count). The first-order valence-electron chi connectivity index (χ1n) is 7.27. The molecule has 2 aliphatic rings. The molecule has 18 heavy (non-hydrogen) atoms. The van der Waals surface area contributed by atoms with E-state index >= 15 is 0 Å². The van der Waals surface area contributed by atoms with Crippen LogP contribution in [0.2, 0.25) is 0 Å². The molecule has 0 aromatic carbocycles. The van der Waals surface area contributed by atoms with Crippen LogP contribution in [0.3, 0.4) is 0 Å². The summed E-state index contributed by atoms with van der Waals surface area (Å²) in [6.45, 7) is 4.14. The van der Waals surface area contributed by atoms with Gasteiger partial charge in [0, 0.05) is 6.54 Å². The maximum atomic E-state index is 12.0. The Morgan fingerprint density at radius 1 is 1.33 bits per heavy atom. The normalized spacial score (nSPS) is 25.7. The molecule has 0 aromatic rings. The van der Waals surface area contributed by atoms with Gasteiger partial charge in [-0.15, -0.1) is 12.4 Å². The first-order valence-corrected chi connectivity index (χ1v) is 7.27. The van der Waals surface area contributed by atoms with E-state index in [4.69, 9.17) is 0 Å². The van der Waals surface area contributed by atoms with Crippen LogP contribution in [0.15, 0.2) is 0 Å². The third-order valence-electron chi connectivity index (χ3n) is 4.46. The van der Waals surface area contributed by atoms with Crippen molar-refractivity contribution in [3.63, 3.8) is 0 Å². The number of halogens is 1.